The van der Waals surface area contributed by atoms with E-state index in [1.807, 2.05) is 0 Å². The van der Waals surface area contributed by atoms with Crippen molar-refractivity contribution in [2.24, 2.45) is 0 Å². The van der Waals surface area contributed by atoms with Gasteiger partial charge in [0.2, 0.25) is 5.91 Å². The van der Waals surface area contributed by atoms with E-state index in [0.29, 0.717) is 33.2 Å². The summed E-state index contributed by atoms with van der Waals surface area (Å²) in [4.78, 5) is 20.7. The number of nitrogens with zero attached hydrogens (tertiary/aromatic N) is 5. The highest BCUT2D eigenvalue weighted by molar-refractivity contribution is 8.00. The van der Waals surface area contributed by atoms with Crippen LogP contribution in [0.15, 0.2) is 59.9 Å². The largest absolute Gasteiger partial charge is 0.497 e. The summed E-state index contributed by atoms with van der Waals surface area (Å²) in [6.45, 7) is 0.197. The molecule has 4 rings (SSSR count). The van der Waals surface area contributed by atoms with Gasteiger partial charge in [0.1, 0.15) is 22.9 Å². The topological polar surface area (TPSA) is 94.8 Å². The summed E-state index contributed by atoms with van der Waals surface area (Å²) in [5.74, 6) is 0.345. The van der Waals surface area contributed by atoms with Crippen molar-refractivity contribution in [1.29, 1.82) is 0 Å². The minimum absolute atomic E-state index is 0.137. The van der Waals surface area contributed by atoms with Crippen molar-refractivity contribution in [2.45, 2.75) is 11.6 Å². The minimum atomic E-state index is -0.319. The first-order valence-corrected chi connectivity index (χ1v) is 9.97. The molecule has 1 N–H and O–H groups in total. The van der Waals surface area contributed by atoms with Crippen molar-refractivity contribution in [3.05, 3.63) is 66.2 Å². The fourth-order valence-corrected chi connectivity index (χ4v) is 3.51. The highest BCUT2D eigenvalue weighted by Gasteiger charge is 2.15. The van der Waals surface area contributed by atoms with Crippen molar-refractivity contribution < 1.29 is 13.9 Å². The Balaban J connectivity index is 1.45. The van der Waals surface area contributed by atoms with Gasteiger partial charge in [-0.3, -0.25) is 4.79 Å². The van der Waals surface area contributed by atoms with Gasteiger partial charge < -0.3 is 10.1 Å². The van der Waals surface area contributed by atoms with Gasteiger partial charge in [0.25, 0.3) is 0 Å². The molecule has 10 heteroatoms. The third kappa shape index (κ3) is 4.38. The number of benzene rings is 2. The summed E-state index contributed by atoms with van der Waals surface area (Å²) in [6.07, 6.45) is 1.38. The van der Waals surface area contributed by atoms with E-state index in [4.69, 9.17) is 4.74 Å². The van der Waals surface area contributed by atoms with Crippen molar-refractivity contribution >= 4 is 34.5 Å². The summed E-state index contributed by atoms with van der Waals surface area (Å²) in [5, 5.41) is 11.5. The fraction of sp³-hybridized carbons (Fsp3) is 0.150. The third-order valence-corrected chi connectivity index (χ3v) is 5.24. The average molecular weight is 424 g/mol. The monoisotopic (exact) mass is 424 g/mol. The number of halogens is 1. The van der Waals surface area contributed by atoms with E-state index in [2.05, 4.69) is 25.6 Å². The number of fused-ring (bicyclic) bond motifs is 1. The fourth-order valence-electron chi connectivity index (χ4n) is 2.78. The number of carbonyl (C=O) groups excluding carboxylic acids is 1. The molecule has 0 unspecified atom stereocenters. The second-order valence-electron chi connectivity index (χ2n) is 6.25. The molecule has 0 aliphatic heterocycles. The van der Waals surface area contributed by atoms with Crippen LogP contribution >= 0.6 is 11.8 Å². The molecule has 8 nitrogen and oxygen atoms in total. The van der Waals surface area contributed by atoms with Crippen LogP contribution in [0.4, 0.5) is 10.1 Å². The number of amides is 1. The standard InChI is InChI=1S/C20H17FN6O2S/c1-29-15-8-6-14(7-9-15)24-17(28)11-30-20-18-19(22-12-23-20)27(26-25-18)10-13-4-2-3-5-16(13)21/h2-9,12H,10-11H2,1H3,(H,24,28). The molecule has 152 valence electrons. The van der Waals surface area contributed by atoms with E-state index < -0.39 is 0 Å². The van der Waals surface area contributed by atoms with Crippen LogP contribution in [0, 0.1) is 5.82 Å². The van der Waals surface area contributed by atoms with Gasteiger partial charge >= 0.3 is 0 Å². The molecule has 0 fully saturated rings. The molecule has 0 aliphatic carbocycles. The van der Waals surface area contributed by atoms with Gasteiger partial charge in [-0.15, -0.1) is 5.10 Å². The summed E-state index contributed by atoms with van der Waals surface area (Å²) >= 11 is 1.23. The number of hydrogen-bond acceptors (Lipinski definition) is 7. The number of nitrogens with one attached hydrogen (secondary N) is 1. The Morgan fingerprint density at radius 1 is 1.17 bits per heavy atom. The van der Waals surface area contributed by atoms with E-state index in [9.17, 15) is 9.18 Å². The van der Waals surface area contributed by atoms with Gasteiger partial charge in [-0.2, -0.15) is 0 Å². The third-order valence-electron chi connectivity index (χ3n) is 4.26. The summed E-state index contributed by atoms with van der Waals surface area (Å²) < 4.78 is 20.6. The average Bonchev–Trinajstić information content (AvgIpc) is 3.18. The van der Waals surface area contributed by atoms with Gasteiger partial charge in [0.15, 0.2) is 11.2 Å². The zero-order valence-electron chi connectivity index (χ0n) is 15.9. The predicted octanol–water partition coefficient (Wildman–Crippen LogP) is 3.15. The lowest BCUT2D eigenvalue weighted by atomic mass is 10.2. The molecule has 0 atom stereocenters. The Hall–Kier alpha value is -3.53. The van der Waals surface area contributed by atoms with E-state index in [1.54, 1.807) is 49.6 Å². The number of anilines is 1. The molecule has 2 aromatic carbocycles. The Morgan fingerprint density at radius 2 is 1.97 bits per heavy atom. The van der Waals surface area contributed by atoms with Crippen molar-refractivity contribution in [3.63, 3.8) is 0 Å². The summed E-state index contributed by atoms with van der Waals surface area (Å²) in [5.41, 5.74) is 2.10. The molecule has 0 aliphatic rings. The van der Waals surface area contributed by atoms with E-state index in [-0.39, 0.29) is 24.0 Å². The van der Waals surface area contributed by atoms with Crippen LogP contribution in [0.5, 0.6) is 5.75 Å². The van der Waals surface area contributed by atoms with Crippen molar-refractivity contribution in [2.75, 3.05) is 18.2 Å². The van der Waals surface area contributed by atoms with E-state index in [1.165, 1.54) is 28.8 Å². The normalized spacial score (nSPS) is 10.9. The molecular weight excluding hydrogens is 407 g/mol. The predicted molar refractivity (Wildman–Crippen MR) is 111 cm³/mol. The quantitative estimate of drug-likeness (QED) is 0.360. The van der Waals surface area contributed by atoms with Crippen molar-refractivity contribution in [3.8, 4) is 5.75 Å². The Morgan fingerprint density at radius 3 is 2.73 bits per heavy atom. The van der Waals surface area contributed by atoms with Crippen LogP contribution in [0.1, 0.15) is 5.56 Å². The Bertz CT molecular complexity index is 1180. The molecule has 0 radical (unpaired) electrons. The van der Waals surface area contributed by atoms with E-state index >= 15 is 0 Å². The van der Waals surface area contributed by atoms with Gasteiger partial charge in [-0.05, 0) is 30.3 Å². The van der Waals surface area contributed by atoms with Crippen LogP contribution in [0.25, 0.3) is 11.2 Å². The molecule has 30 heavy (non-hydrogen) atoms. The lowest BCUT2D eigenvalue weighted by molar-refractivity contribution is -0.113. The molecule has 2 aromatic heterocycles. The van der Waals surface area contributed by atoms with Crippen LogP contribution in [-0.4, -0.2) is 43.7 Å². The smallest absolute Gasteiger partial charge is 0.234 e. The maximum atomic E-state index is 13.9. The highest BCUT2D eigenvalue weighted by Crippen LogP contribution is 2.23. The lowest BCUT2D eigenvalue weighted by Crippen LogP contribution is -2.14. The van der Waals surface area contributed by atoms with Gasteiger partial charge in [-0.25, -0.2) is 19.0 Å². The minimum Gasteiger partial charge on any atom is -0.497 e. The first-order valence-electron chi connectivity index (χ1n) is 8.98. The van der Waals surface area contributed by atoms with Crippen LogP contribution in [0.2, 0.25) is 0 Å². The first-order chi connectivity index (χ1) is 14.6. The number of hydrogen-bond donors (Lipinski definition) is 1. The van der Waals surface area contributed by atoms with Gasteiger partial charge in [0.05, 0.1) is 19.4 Å². The number of aromatic nitrogens is 5. The first kappa shape index (κ1) is 19.8. The number of thioether (sulfide) groups is 1. The molecule has 0 bridgehead atoms. The summed E-state index contributed by atoms with van der Waals surface area (Å²) in [7, 11) is 1.58. The number of rotatable bonds is 7. The van der Waals surface area contributed by atoms with Crippen LogP contribution in [0.3, 0.4) is 0 Å². The number of carbonyl (C=O) groups is 1. The maximum Gasteiger partial charge on any atom is 0.234 e. The Kier molecular flexibility index (Phi) is 5.84. The second kappa shape index (κ2) is 8.87. The number of methoxy groups -OCH3 is 1. The second-order valence-corrected chi connectivity index (χ2v) is 7.22. The molecule has 2 heterocycles. The molecule has 0 saturated carbocycles. The lowest BCUT2D eigenvalue weighted by Gasteiger charge is -2.06. The molecule has 0 spiro atoms. The van der Waals surface area contributed by atoms with Crippen LogP contribution < -0.4 is 10.1 Å². The summed E-state index contributed by atoms with van der Waals surface area (Å²) in [6, 6.07) is 13.5. The van der Waals surface area contributed by atoms with Crippen LogP contribution in [-0.2, 0) is 11.3 Å². The zero-order valence-corrected chi connectivity index (χ0v) is 16.8. The van der Waals surface area contributed by atoms with E-state index in [0.717, 1.165) is 0 Å². The van der Waals surface area contributed by atoms with Gasteiger partial charge in [0, 0.05) is 11.3 Å². The molecule has 4 aromatic rings. The molecular formula is C20H17FN6O2S. The molecule has 1 amide bonds. The maximum absolute atomic E-state index is 13.9. The SMILES string of the molecule is COc1ccc(NC(=O)CSc2ncnc3c2nnn3Cc2ccccc2F)cc1. The highest BCUT2D eigenvalue weighted by atomic mass is 32.2. The Labute approximate surface area is 175 Å². The van der Waals surface area contributed by atoms with Crippen molar-refractivity contribution in [1.82, 2.24) is 25.0 Å². The zero-order chi connectivity index (χ0) is 20.9. The molecule has 0 saturated heterocycles. The van der Waals surface area contributed by atoms with Gasteiger partial charge in [-0.1, -0.05) is 35.2 Å². The number of ether oxygens (including phenoxy) is 1.